The average molecular weight is 230 g/mol. The Balaban J connectivity index is 2.06. The summed E-state index contributed by atoms with van der Waals surface area (Å²) in [6.45, 7) is 1.96. The van der Waals surface area contributed by atoms with Crippen LogP contribution in [0, 0.1) is 0 Å². The van der Waals surface area contributed by atoms with Gasteiger partial charge < -0.3 is 11.1 Å². The minimum atomic E-state index is 0.174. The van der Waals surface area contributed by atoms with E-state index in [1.807, 2.05) is 6.92 Å². The van der Waals surface area contributed by atoms with Gasteiger partial charge in [-0.05, 0) is 19.8 Å². The third-order valence-corrected chi connectivity index (χ3v) is 3.81. The number of rotatable bonds is 5. The molecule has 1 amide bonds. The Labute approximate surface area is 96.6 Å². The second-order valence-corrected chi connectivity index (χ2v) is 5.43. The summed E-state index contributed by atoms with van der Waals surface area (Å²) in [7, 11) is 0. The normalized spacial score (nSPS) is 19.9. The van der Waals surface area contributed by atoms with E-state index in [1.165, 1.54) is 19.3 Å². The summed E-state index contributed by atoms with van der Waals surface area (Å²) >= 11 is 1.62. The predicted octanol–water partition coefficient (Wildman–Crippen LogP) is 1.52. The average Bonchev–Trinajstić information content (AvgIpc) is 2.18. The number of amides is 1. The van der Waals surface area contributed by atoms with Gasteiger partial charge >= 0.3 is 0 Å². The molecular formula is C11H22N2OS. The highest BCUT2D eigenvalue weighted by Gasteiger charge is 2.15. The molecule has 0 aromatic carbocycles. The van der Waals surface area contributed by atoms with Crippen LogP contribution in [0.25, 0.3) is 0 Å². The van der Waals surface area contributed by atoms with Gasteiger partial charge in [-0.15, -0.1) is 0 Å². The first kappa shape index (κ1) is 12.8. The van der Waals surface area contributed by atoms with Crippen LogP contribution >= 0.6 is 11.8 Å². The van der Waals surface area contributed by atoms with Gasteiger partial charge in [-0.3, -0.25) is 4.79 Å². The molecule has 0 aromatic rings. The van der Waals surface area contributed by atoms with Crippen molar-refractivity contribution in [2.24, 2.45) is 5.73 Å². The van der Waals surface area contributed by atoms with E-state index in [0.29, 0.717) is 11.8 Å². The summed E-state index contributed by atoms with van der Waals surface area (Å²) in [5.41, 5.74) is 5.61. The zero-order valence-corrected chi connectivity index (χ0v) is 10.3. The fourth-order valence-corrected chi connectivity index (χ4v) is 2.61. The maximum atomic E-state index is 11.5. The largest absolute Gasteiger partial charge is 0.353 e. The highest BCUT2D eigenvalue weighted by Crippen LogP contribution is 2.17. The van der Waals surface area contributed by atoms with Gasteiger partial charge in [-0.1, -0.05) is 19.3 Å². The van der Waals surface area contributed by atoms with E-state index >= 15 is 0 Å². The van der Waals surface area contributed by atoms with Crippen molar-refractivity contribution in [3.8, 4) is 0 Å². The van der Waals surface area contributed by atoms with Crippen molar-refractivity contribution in [3.05, 3.63) is 0 Å². The standard InChI is InChI=1S/C11H22N2OS/c1-9(12)7-15-8-11(14)13-10-5-3-2-4-6-10/h9-10H,2-8,12H2,1H3,(H,13,14). The van der Waals surface area contributed by atoms with Gasteiger partial charge in [0, 0.05) is 17.8 Å². The van der Waals surface area contributed by atoms with Crippen molar-refractivity contribution in [1.82, 2.24) is 5.32 Å². The van der Waals surface area contributed by atoms with E-state index in [9.17, 15) is 4.79 Å². The molecule has 1 unspecified atom stereocenters. The number of thioether (sulfide) groups is 1. The SMILES string of the molecule is CC(N)CSCC(=O)NC1CCCCC1. The first-order valence-corrected chi connectivity index (χ1v) is 6.96. The predicted molar refractivity (Wildman–Crippen MR) is 66.0 cm³/mol. The van der Waals surface area contributed by atoms with Gasteiger partial charge in [0.1, 0.15) is 0 Å². The fourth-order valence-electron chi connectivity index (χ4n) is 1.85. The van der Waals surface area contributed by atoms with E-state index in [4.69, 9.17) is 5.73 Å². The number of hydrogen-bond acceptors (Lipinski definition) is 3. The maximum absolute atomic E-state index is 11.5. The zero-order chi connectivity index (χ0) is 11.1. The fraction of sp³-hybridized carbons (Fsp3) is 0.909. The topological polar surface area (TPSA) is 55.1 Å². The third-order valence-electron chi connectivity index (χ3n) is 2.58. The van der Waals surface area contributed by atoms with Gasteiger partial charge in [0.25, 0.3) is 0 Å². The lowest BCUT2D eigenvalue weighted by Crippen LogP contribution is -2.37. The lowest BCUT2D eigenvalue weighted by Gasteiger charge is -2.22. The van der Waals surface area contributed by atoms with Crippen LogP contribution in [-0.2, 0) is 4.79 Å². The van der Waals surface area contributed by atoms with Gasteiger partial charge in [0.15, 0.2) is 0 Å². The summed E-state index contributed by atoms with van der Waals surface area (Å²) in [6, 6.07) is 0.611. The minimum absolute atomic E-state index is 0.174. The molecule has 0 bridgehead atoms. The van der Waals surface area contributed by atoms with Crippen molar-refractivity contribution >= 4 is 17.7 Å². The molecule has 0 aromatic heterocycles. The highest BCUT2D eigenvalue weighted by molar-refractivity contribution is 7.99. The van der Waals surface area contributed by atoms with Crippen LogP contribution in [0.15, 0.2) is 0 Å². The van der Waals surface area contributed by atoms with Crippen molar-refractivity contribution in [1.29, 1.82) is 0 Å². The Morgan fingerprint density at radius 1 is 1.47 bits per heavy atom. The van der Waals surface area contributed by atoms with E-state index in [0.717, 1.165) is 18.6 Å². The van der Waals surface area contributed by atoms with Crippen LogP contribution in [0.2, 0.25) is 0 Å². The van der Waals surface area contributed by atoms with Gasteiger partial charge in [-0.25, -0.2) is 0 Å². The molecule has 3 N–H and O–H groups in total. The monoisotopic (exact) mass is 230 g/mol. The third kappa shape index (κ3) is 6.05. The second kappa shape index (κ2) is 7.12. The molecular weight excluding hydrogens is 208 g/mol. The van der Waals surface area contributed by atoms with Crippen LogP contribution in [-0.4, -0.2) is 29.5 Å². The molecule has 0 radical (unpaired) electrons. The highest BCUT2D eigenvalue weighted by atomic mass is 32.2. The molecule has 88 valence electrons. The van der Waals surface area contributed by atoms with Gasteiger partial charge in [0.05, 0.1) is 5.75 Å². The van der Waals surface area contributed by atoms with E-state index < -0.39 is 0 Å². The van der Waals surface area contributed by atoms with Gasteiger partial charge in [-0.2, -0.15) is 11.8 Å². The maximum Gasteiger partial charge on any atom is 0.230 e. The molecule has 1 saturated carbocycles. The number of carbonyl (C=O) groups excluding carboxylic acids is 1. The molecule has 4 heteroatoms. The van der Waals surface area contributed by atoms with Crippen LogP contribution < -0.4 is 11.1 Å². The van der Waals surface area contributed by atoms with Crippen LogP contribution in [0.4, 0.5) is 0 Å². The quantitative estimate of drug-likeness (QED) is 0.753. The lowest BCUT2D eigenvalue weighted by atomic mass is 9.95. The van der Waals surface area contributed by atoms with Gasteiger partial charge in [0.2, 0.25) is 5.91 Å². The molecule has 1 aliphatic carbocycles. The Hall–Kier alpha value is -0.220. The van der Waals surface area contributed by atoms with E-state index in [1.54, 1.807) is 11.8 Å². The Kier molecular flexibility index (Phi) is 6.10. The molecule has 0 heterocycles. The molecule has 1 fully saturated rings. The Morgan fingerprint density at radius 2 is 2.13 bits per heavy atom. The first-order valence-electron chi connectivity index (χ1n) is 5.81. The van der Waals surface area contributed by atoms with Crippen molar-refractivity contribution in [2.45, 2.75) is 51.1 Å². The first-order chi connectivity index (χ1) is 7.18. The summed E-state index contributed by atoms with van der Waals surface area (Å²) in [6.07, 6.45) is 6.16. The summed E-state index contributed by atoms with van der Waals surface area (Å²) in [5.74, 6) is 1.59. The molecule has 15 heavy (non-hydrogen) atoms. The van der Waals surface area contributed by atoms with E-state index in [-0.39, 0.29) is 11.9 Å². The Bertz CT molecular complexity index is 191. The van der Waals surface area contributed by atoms with Crippen molar-refractivity contribution < 1.29 is 4.79 Å². The molecule has 1 aliphatic rings. The molecule has 0 aliphatic heterocycles. The number of carbonyl (C=O) groups is 1. The molecule has 1 rings (SSSR count). The molecule has 3 nitrogen and oxygen atoms in total. The summed E-state index contributed by atoms with van der Waals surface area (Å²) in [5, 5.41) is 3.09. The molecule has 1 atom stereocenters. The molecule has 0 saturated heterocycles. The Morgan fingerprint density at radius 3 is 2.73 bits per heavy atom. The van der Waals surface area contributed by atoms with E-state index in [2.05, 4.69) is 5.32 Å². The van der Waals surface area contributed by atoms with Crippen LogP contribution in [0.3, 0.4) is 0 Å². The summed E-state index contributed by atoms with van der Waals surface area (Å²) < 4.78 is 0. The smallest absolute Gasteiger partial charge is 0.230 e. The summed E-state index contributed by atoms with van der Waals surface area (Å²) in [4.78, 5) is 11.5. The second-order valence-electron chi connectivity index (χ2n) is 4.39. The lowest BCUT2D eigenvalue weighted by molar-refractivity contribution is -0.119. The number of nitrogens with two attached hydrogens (primary N) is 1. The van der Waals surface area contributed by atoms with Crippen LogP contribution in [0.5, 0.6) is 0 Å². The minimum Gasteiger partial charge on any atom is -0.353 e. The number of nitrogens with one attached hydrogen (secondary N) is 1. The molecule has 0 spiro atoms. The van der Waals surface area contributed by atoms with Crippen LogP contribution in [0.1, 0.15) is 39.0 Å². The zero-order valence-electron chi connectivity index (χ0n) is 9.50. The van der Waals surface area contributed by atoms with Crippen molar-refractivity contribution in [3.63, 3.8) is 0 Å². The number of hydrogen-bond donors (Lipinski definition) is 2. The van der Waals surface area contributed by atoms with Crippen molar-refractivity contribution in [2.75, 3.05) is 11.5 Å².